The Balaban J connectivity index is 2.25. The zero-order chi connectivity index (χ0) is 14.0. The average Bonchev–Trinajstić information content (AvgIpc) is 2.37. The maximum absolute atomic E-state index is 13.6. The normalized spacial score (nSPS) is 12.3. The van der Waals surface area contributed by atoms with Gasteiger partial charge in [-0.25, -0.2) is 13.2 Å². The maximum Gasteiger partial charge on any atom is 0.159 e. The van der Waals surface area contributed by atoms with E-state index in [4.69, 9.17) is 0 Å². The van der Waals surface area contributed by atoms with E-state index >= 15 is 0 Å². The van der Waals surface area contributed by atoms with Crippen molar-refractivity contribution < 1.29 is 13.2 Å². The summed E-state index contributed by atoms with van der Waals surface area (Å²) in [4.78, 5) is 0. The van der Waals surface area contributed by atoms with Crippen LogP contribution in [0.3, 0.4) is 0 Å². The van der Waals surface area contributed by atoms with Gasteiger partial charge in [-0.3, -0.25) is 0 Å². The fraction of sp³-hybridized carbons (Fsp3) is 0.143. The van der Waals surface area contributed by atoms with E-state index < -0.39 is 17.5 Å². The lowest BCUT2D eigenvalue weighted by molar-refractivity contribution is 0.506. The van der Waals surface area contributed by atoms with Gasteiger partial charge in [-0.2, -0.15) is 0 Å². The molecule has 0 aliphatic rings. The van der Waals surface area contributed by atoms with Crippen LogP contribution in [-0.2, 0) is 0 Å². The van der Waals surface area contributed by atoms with Gasteiger partial charge < -0.3 is 5.32 Å². The Morgan fingerprint density at radius 2 is 1.74 bits per heavy atom. The lowest BCUT2D eigenvalue weighted by atomic mass is 10.1. The third kappa shape index (κ3) is 3.10. The lowest BCUT2D eigenvalue weighted by Crippen LogP contribution is -2.09. The summed E-state index contributed by atoms with van der Waals surface area (Å²) in [6.45, 7) is 1.74. The maximum atomic E-state index is 13.6. The standard InChI is InChI=1S/C14H11BrF3N/c1-8(9-5-6-11(16)13(18)7-9)19-14-10(15)3-2-4-12(14)17/h2-8,19H,1H3. The molecule has 2 aromatic carbocycles. The van der Waals surface area contributed by atoms with E-state index in [1.165, 1.54) is 12.1 Å². The summed E-state index contributed by atoms with van der Waals surface area (Å²) in [6.07, 6.45) is 0. The molecule has 1 unspecified atom stereocenters. The third-order valence-electron chi connectivity index (χ3n) is 2.77. The van der Waals surface area contributed by atoms with Crippen LogP contribution in [-0.4, -0.2) is 0 Å². The Morgan fingerprint density at radius 1 is 1.00 bits per heavy atom. The first-order valence-corrected chi connectivity index (χ1v) is 6.44. The Bertz CT molecular complexity index is 581. The summed E-state index contributed by atoms with van der Waals surface area (Å²) in [6, 6.07) is 7.86. The van der Waals surface area contributed by atoms with Crippen molar-refractivity contribution in [3.63, 3.8) is 0 Å². The van der Waals surface area contributed by atoms with E-state index in [1.807, 2.05) is 0 Å². The third-order valence-corrected chi connectivity index (χ3v) is 3.43. The molecule has 0 aromatic heterocycles. The lowest BCUT2D eigenvalue weighted by Gasteiger charge is -2.17. The number of rotatable bonds is 3. The summed E-state index contributed by atoms with van der Waals surface area (Å²) in [5, 5.41) is 2.93. The molecule has 0 bridgehead atoms. The minimum absolute atomic E-state index is 0.291. The van der Waals surface area contributed by atoms with Crippen LogP contribution in [0.4, 0.5) is 18.9 Å². The highest BCUT2D eigenvalue weighted by molar-refractivity contribution is 9.10. The Labute approximate surface area is 117 Å². The number of anilines is 1. The fourth-order valence-electron chi connectivity index (χ4n) is 1.72. The van der Waals surface area contributed by atoms with Crippen molar-refractivity contribution in [2.24, 2.45) is 0 Å². The van der Waals surface area contributed by atoms with Gasteiger partial charge in [-0.1, -0.05) is 12.1 Å². The van der Waals surface area contributed by atoms with Crippen LogP contribution >= 0.6 is 15.9 Å². The molecule has 100 valence electrons. The van der Waals surface area contributed by atoms with Crippen molar-refractivity contribution in [1.29, 1.82) is 0 Å². The predicted octanol–water partition coefficient (Wildman–Crippen LogP) is 5.04. The molecule has 0 saturated heterocycles. The highest BCUT2D eigenvalue weighted by atomic mass is 79.9. The molecule has 19 heavy (non-hydrogen) atoms. The first-order valence-electron chi connectivity index (χ1n) is 5.64. The van der Waals surface area contributed by atoms with Gasteiger partial charge in [0.1, 0.15) is 5.82 Å². The molecule has 2 aromatic rings. The minimum Gasteiger partial charge on any atom is -0.375 e. The molecule has 0 aliphatic heterocycles. The second-order valence-electron chi connectivity index (χ2n) is 4.14. The predicted molar refractivity (Wildman–Crippen MR) is 72.5 cm³/mol. The van der Waals surface area contributed by atoms with Gasteiger partial charge in [0.25, 0.3) is 0 Å². The molecule has 0 amide bonds. The number of hydrogen-bond acceptors (Lipinski definition) is 1. The molecule has 0 aliphatic carbocycles. The van der Waals surface area contributed by atoms with Crippen LogP contribution in [0.15, 0.2) is 40.9 Å². The number of benzene rings is 2. The molecular formula is C14H11BrF3N. The van der Waals surface area contributed by atoms with E-state index in [0.717, 1.165) is 12.1 Å². The smallest absolute Gasteiger partial charge is 0.159 e. The summed E-state index contributed by atoms with van der Waals surface area (Å²) in [5.41, 5.74) is 0.828. The van der Waals surface area contributed by atoms with E-state index in [2.05, 4.69) is 21.2 Å². The van der Waals surface area contributed by atoms with Gasteiger partial charge in [0.15, 0.2) is 11.6 Å². The zero-order valence-electron chi connectivity index (χ0n) is 10.1. The first-order chi connectivity index (χ1) is 8.99. The number of halogens is 4. The second-order valence-corrected chi connectivity index (χ2v) is 4.99. The largest absolute Gasteiger partial charge is 0.375 e. The molecule has 1 N–H and O–H groups in total. The van der Waals surface area contributed by atoms with Crippen LogP contribution in [0, 0.1) is 17.5 Å². The summed E-state index contributed by atoms with van der Waals surface area (Å²) in [5.74, 6) is -2.23. The van der Waals surface area contributed by atoms with Crippen LogP contribution < -0.4 is 5.32 Å². The van der Waals surface area contributed by atoms with Gasteiger partial charge >= 0.3 is 0 Å². The van der Waals surface area contributed by atoms with Crippen molar-refractivity contribution in [2.45, 2.75) is 13.0 Å². The Hall–Kier alpha value is -1.49. The number of hydrogen-bond donors (Lipinski definition) is 1. The van der Waals surface area contributed by atoms with Crippen LogP contribution in [0.25, 0.3) is 0 Å². The first kappa shape index (κ1) is 13.9. The van der Waals surface area contributed by atoms with Gasteiger partial charge in [-0.05, 0) is 52.7 Å². The minimum atomic E-state index is -0.918. The summed E-state index contributed by atoms with van der Waals surface area (Å²) >= 11 is 3.24. The van der Waals surface area contributed by atoms with Crippen LogP contribution in [0.1, 0.15) is 18.5 Å². The molecule has 5 heteroatoms. The molecule has 1 atom stereocenters. The van der Waals surface area contributed by atoms with Gasteiger partial charge in [0.05, 0.1) is 5.69 Å². The second kappa shape index (κ2) is 5.65. The van der Waals surface area contributed by atoms with E-state index in [0.29, 0.717) is 15.7 Å². The van der Waals surface area contributed by atoms with Gasteiger partial charge in [0, 0.05) is 10.5 Å². The van der Waals surface area contributed by atoms with Crippen LogP contribution in [0.2, 0.25) is 0 Å². The SMILES string of the molecule is CC(Nc1c(F)cccc1Br)c1ccc(F)c(F)c1. The van der Waals surface area contributed by atoms with Crippen molar-refractivity contribution in [3.8, 4) is 0 Å². The van der Waals surface area contributed by atoms with Gasteiger partial charge in [0.2, 0.25) is 0 Å². The molecule has 0 heterocycles. The van der Waals surface area contributed by atoms with Crippen molar-refractivity contribution in [2.75, 3.05) is 5.32 Å². The van der Waals surface area contributed by atoms with E-state index in [1.54, 1.807) is 19.1 Å². The Kier molecular flexibility index (Phi) is 4.14. The average molecular weight is 330 g/mol. The number of nitrogens with one attached hydrogen (secondary N) is 1. The topological polar surface area (TPSA) is 12.0 Å². The van der Waals surface area contributed by atoms with Crippen LogP contribution in [0.5, 0.6) is 0 Å². The molecule has 0 radical (unpaired) electrons. The summed E-state index contributed by atoms with van der Waals surface area (Å²) in [7, 11) is 0. The van der Waals surface area contributed by atoms with E-state index in [9.17, 15) is 13.2 Å². The highest BCUT2D eigenvalue weighted by Crippen LogP contribution is 2.29. The molecule has 0 spiro atoms. The highest BCUT2D eigenvalue weighted by Gasteiger charge is 2.13. The molecule has 0 saturated carbocycles. The molecule has 0 fully saturated rings. The quantitative estimate of drug-likeness (QED) is 0.831. The van der Waals surface area contributed by atoms with Crippen molar-refractivity contribution in [1.82, 2.24) is 0 Å². The monoisotopic (exact) mass is 329 g/mol. The molecule has 2 rings (SSSR count). The zero-order valence-corrected chi connectivity index (χ0v) is 11.6. The van der Waals surface area contributed by atoms with Crippen molar-refractivity contribution >= 4 is 21.6 Å². The van der Waals surface area contributed by atoms with Crippen molar-refractivity contribution in [3.05, 3.63) is 63.9 Å². The molecule has 1 nitrogen and oxygen atoms in total. The number of para-hydroxylation sites is 1. The fourth-order valence-corrected chi connectivity index (χ4v) is 2.17. The van der Waals surface area contributed by atoms with Gasteiger partial charge in [-0.15, -0.1) is 0 Å². The molecular weight excluding hydrogens is 319 g/mol. The van der Waals surface area contributed by atoms with E-state index in [-0.39, 0.29) is 6.04 Å². The summed E-state index contributed by atoms with van der Waals surface area (Å²) < 4.78 is 40.2. The Morgan fingerprint density at radius 3 is 2.37 bits per heavy atom.